The first-order chi connectivity index (χ1) is 13.0. The maximum Gasteiger partial charge on any atom is 0.234 e. The number of thioether (sulfide) groups is 1. The van der Waals surface area contributed by atoms with Gasteiger partial charge < -0.3 is 10.6 Å². The molecule has 1 aromatic carbocycles. The second kappa shape index (κ2) is 8.57. The highest BCUT2D eigenvalue weighted by Crippen LogP contribution is 2.37. The zero-order valence-electron chi connectivity index (χ0n) is 13.8. The second-order valence-electron chi connectivity index (χ2n) is 5.64. The van der Waals surface area contributed by atoms with Crippen LogP contribution in [0.2, 0.25) is 5.02 Å². The molecule has 0 unspecified atom stereocenters. The molecule has 1 aromatic heterocycles. The van der Waals surface area contributed by atoms with Crippen molar-refractivity contribution in [2.75, 3.05) is 11.1 Å². The molecule has 27 heavy (non-hydrogen) atoms. The molecule has 138 valence electrons. The molecule has 2 N–H and O–H groups in total. The Morgan fingerprint density at radius 1 is 1.48 bits per heavy atom. The fraction of sp³-hybridized carbons (Fsp3) is 0.167. The van der Waals surface area contributed by atoms with Gasteiger partial charge in [0.25, 0.3) is 0 Å². The minimum absolute atomic E-state index is 0.0209. The van der Waals surface area contributed by atoms with Crippen LogP contribution in [0.4, 0.5) is 10.1 Å². The third kappa shape index (κ3) is 4.69. The fourth-order valence-corrected chi connectivity index (χ4v) is 4.47. The van der Waals surface area contributed by atoms with E-state index in [0.29, 0.717) is 16.3 Å². The van der Waals surface area contributed by atoms with Crippen LogP contribution in [0.5, 0.6) is 0 Å². The molecule has 1 atom stereocenters. The van der Waals surface area contributed by atoms with Crippen LogP contribution in [0.1, 0.15) is 17.2 Å². The van der Waals surface area contributed by atoms with E-state index in [0.717, 1.165) is 22.7 Å². The number of carbonyl (C=O) groups is 2. The van der Waals surface area contributed by atoms with Crippen molar-refractivity contribution in [3.63, 3.8) is 0 Å². The molecule has 0 radical (unpaired) electrons. The quantitative estimate of drug-likeness (QED) is 0.756. The van der Waals surface area contributed by atoms with E-state index >= 15 is 0 Å². The van der Waals surface area contributed by atoms with E-state index in [9.17, 15) is 19.2 Å². The van der Waals surface area contributed by atoms with Gasteiger partial charge >= 0.3 is 0 Å². The Morgan fingerprint density at radius 3 is 2.96 bits per heavy atom. The summed E-state index contributed by atoms with van der Waals surface area (Å²) in [6.07, 6.45) is 0.202. The maximum atomic E-state index is 13.2. The Bertz CT molecular complexity index is 954. The summed E-state index contributed by atoms with van der Waals surface area (Å²) in [6, 6.07) is 9.80. The Kier molecular flexibility index (Phi) is 6.16. The first-order valence-electron chi connectivity index (χ1n) is 7.83. The number of benzene rings is 1. The van der Waals surface area contributed by atoms with Gasteiger partial charge in [-0.15, -0.1) is 11.3 Å². The van der Waals surface area contributed by atoms with Crippen LogP contribution >= 0.6 is 34.7 Å². The largest absolute Gasteiger partial charge is 0.325 e. The molecule has 3 rings (SSSR count). The lowest BCUT2D eigenvalue weighted by atomic mass is 9.93. The number of carbonyl (C=O) groups excluding carboxylic acids is 2. The lowest BCUT2D eigenvalue weighted by Gasteiger charge is -2.23. The van der Waals surface area contributed by atoms with Crippen molar-refractivity contribution >= 4 is 52.2 Å². The number of nitrogens with zero attached hydrogens (tertiary/aromatic N) is 1. The van der Waals surface area contributed by atoms with E-state index in [1.54, 1.807) is 0 Å². The van der Waals surface area contributed by atoms with Gasteiger partial charge in [-0.25, -0.2) is 4.39 Å². The third-order valence-corrected chi connectivity index (χ3v) is 6.09. The Labute approximate surface area is 168 Å². The number of nitrogens with one attached hydrogen (secondary N) is 2. The number of amides is 2. The number of nitriles is 1. The van der Waals surface area contributed by atoms with Gasteiger partial charge in [0.2, 0.25) is 11.8 Å². The van der Waals surface area contributed by atoms with Crippen molar-refractivity contribution < 1.29 is 14.0 Å². The monoisotopic (exact) mass is 421 g/mol. The summed E-state index contributed by atoms with van der Waals surface area (Å²) in [5.74, 6) is -1.45. The van der Waals surface area contributed by atoms with Gasteiger partial charge in [0.05, 0.1) is 27.4 Å². The molecule has 1 aliphatic heterocycles. The van der Waals surface area contributed by atoms with Crippen LogP contribution in [0, 0.1) is 17.1 Å². The maximum absolute atomic E-state index is 13.2. The Balaban J connectivity index is 1.71. The van der Waals surface area contributed by atoms with Gasteiger partial charge in [-0.3, -0.25) is 9.59 Å². The first kappa shape index (κ1) is 19.4. The molecule has 0 fully saturated rings. The molecule has 5 nitrogen and oxygen atoms in total. The summed E-state index contributed by atoms with van der Waals surface area (Å²) >= 11 is 8.26. The van der Waals surface area contributed by atoms with Crippen LogP contribution < -0.4 is 10.6 Å². The SMILES string of the molecule is N#CC1=C(SCC(=O)Nc2ccc(F)c(Cl)c2)NC(=O)C[C@H]1c1cccs1. The molecule has 0 aliphatic carbocycles. The van der Waals surface area contributed by atoms with Crippen LogP contribution in [-0.2, 0) is 9.59 Å². The highest BCUT2D eigenvalue weighted by atomic mass is 35.5. The van der Waals surface area contributed by atoms with Gasteiger partial charge in [0.1, 0.15) is 5.82 Å². The highest BCUT2D eigenvalue weighted by molar-refractivity contribution is 8.03. The summed E-state index contributed by atoms with van der Waals surface area (Å²) in [6.45, 7) is 0. The van der Waals surface area contributed by atoms with Gasteiger partial charge in [-0.1, -0.05) is 29.4 Å². The summed E-state index contributed by atoms with van der Waals surface area (Å²) in [4.78, 5) is 25.1. The highest BCUT2D eigenvalue weighted by Gasteiger charge is 2.30. The van der Waals surface area contributed by atoms with E-state index in [4.69, 9.17) is 11.6 Å². The molecule has 2 heterocycles. The summed E-state index contributed by atoms with van der Waals surface area (Å²) < 4.78 is 13.2. The molecule has 9 heteroatoms. The third-order valence-electron chi connectivity index (χ3n) is 3.79. The topological polar surface area (TPSA) is 82.0 Å². The minimum Gasteiger partial charge on any atom is -0.325 e. The van der Waals surface area contributed by atoms with E-state index in [1.165, 1.54) is 23.5 Å². The Hall–Kier alpha value is -2.34. The summed E-state index contributed by atoms with van der Waals surface area (Å²) in [5, 5.41) is 17.0. The van der Waals surface area contributed by atoms with Crippen molar-refractivity contribution in [3.8, 4) is 6.07 Å². The smallest absolute Gasteiger partial charge is 0.234 e. The van der Waals surface area contributed by atoms with Crippen molar-refractivity contribution in [2.24, 2.45) is 0 Å². The first-order valence-corrected chi connectivity index (χ1v) is 10.1. The number of hydrogen-bond donors (Lipinski definition) is 2. The van der Waals surface area contributed by atoms with Crippen molar-refractivity contribution in [1.29, 1.82) is 5.26 Å². The zero-order valence-corrected chi connectivity index (χ0v) is 16.2. The number of halogens is 2. The van der Waals surface area contributed by atoms with E-state index in [1.807, 2.05) is 17.5 Å². The van der Waals surface area contributed by atoms with E-state index in [2.05, 4.69) is 16.7 Å². The van der Waals surface area contributed by atoms with Gasteiger partial charge in [-0.05, 0) is 29.6 Å². The molecule has 0 saturated carbocycles. The molecule has 2 aromatic rings. The van der Waals surface area contributed by atoms with E-state index < -0.39 is 5.82 Å². The second-order valence-corrected chi connectivity index (χ2v) is 8.01. The van der Waals surface area contributed by atoms with Crippen LogP contribution in [0.15, 0.2) is 46.3 Å². The van der Waals surface area contributed by atoms with Crippen molar-refractivity contribution in [3.05, 3.63) is 62.0 Å². The van der Waals surface area contributed by atoms with E-state index in [-0.39, 0.29) is 34.9 Å². The van der Waals surface area contributed by atoms with Crippen molar-refractivity contribution in [1.82, 2.24) is 5.32 Å². The number of thiophene rings is 1. The molecule has 0 spiro atoms. The predicted octanol–water partition coefficient (Wildman–Crippen LogP) is 4.25. The summed E-state index contributed by atoms with van der Waals surface area (Å²) in [5.41, 5.74) is 0.810. The Morgan fingerprint density at radius 2 is 2.30 bits per heavy atom. The van der Waals surface area contributed by atoms with Crippen LogP contribution in [0.25, 0.3) is 0 Å². The average molecular weight is 422 g/mol. The number of rotatable bonds is 5. The van der Waals surface area contributed by atoms with Crippen LogP contribution in [-0.4, -0.2) is 17.6 Å². The predicted molar refractivity (Wildman–Crippen MR) is 105 cm³/mol. The lowest BCUT2D eigenvalue weighted by Crippen LogP contribution is -2.31. The fourth-order valence-electron chi connectivity index (χ4n) is 2.57. The molecular weight excluding hydrogens is 409 g/mol. The standard InChI is InChI=1S/C18H13ClFN3O2S2/c19-13-6-10(3-4-14(13)20)22-17(25)9-27-18-12(8-21)11(7-16(24)23-18)15-2-1-5-26-15/h1-6,11H,7,9H2,(H,22,25)(H,23,24)/t11-/m1/s1. The minimum atomic E-state index is -0.572. The normalized spacial score (nSPS) is 16.6. The molecule has 2 amide bonds. The van der Waals surface area contributed by atoms with Gasteiger partial charge in [0.15, 0.2) is 0 Å². The van der Waals surface area contributed by atoms with Gasteiger partial charge in [-0.2, -0.15) is 5.26 Å². The number of anilines is 1. The lowest BCUT2D eigenvalue weighted by molar-refractivity contribution is -0.121. The number of allylic oxidation sites excluding steroid dienone is 1. The molecular formula is C18H13ClFN3O2S2. The zero-order chi connectivity index (χ0) is 19.4. The molecule has 0 saturated heterocycles. The number of hydrogen-bond acceptors (Lipinski definition) is 5. The average Bonchev–Trinajstić information content (AvgIpc) is 3.17. The molecule has 0 bridgehead atoms. The van der Waals surface area contributed by atoms with Crippen molar-refractivity contribution in [2.45, 2.75) is 12.3 Å². The molecule has 1 aliphatic rings. The van der Waals surface area contributed by atoms with Gasteiger partial charge in [0, 0.05) is 22.9 Å². The van der Waals surface area contributed by atoms with Crippen LogP contribution in [0.3, 0.4) is 0 Å². The summed E-state index contributed by atoms with van der Waals surface area (Å²) in [7, 11) is 0.